The molecule has 6 heavy (non-hydrogen) atoms. The van der Waals surface area contributed by atoms with Crippen LogP contribution in [0.15, 0.2) is 0 Å². The van der Waals surface area contributed by atoms with Gasteiger partial charge in [-0.3, -0.25) is 0 Å². The fourth-order valence-electron chi connectivity index (χ4n) is 0.167. The van der Waals surface area contributed by atoms with E-state index in [0.717, 1.165) is 6.22 Å². The van der Waals surface area contributed by atoms with Crippen molar-refractivity contribution in [3.05, 3.63) is 0 Å². The van der Waals surface area contributed by atoms with Gasteiger partial charge >= 0.3 is 0 Å². The Morgan fingerprint density at radius 1 is 1.83 bits per heavy atom. The quantitative estimate of drug-likeness (QED) is 0.459. The van der Waals surface area contributed by atoms with Crippen LogP contribution in [0.2, 0.25) is 12.5 Å². The van der Waals surface area contributed by atoms with Crippen LogP contribution in [0.1, 0.15) is 6.92 Å². The molecular weight excluding hydrogens is 185 g/mol. The molecule has 0 N–H and O–H groups in total. The lowest BCUT2D eigenvalue weighted by molar-refractivity contribution is 1.44. The third-order valence-corrected chi connectivity index (χ3v) is 2.09. The Labute approximate surface area is 54.4 Å². The lowest BCUT2D eigenvalue weighted by Crippen LogP contribution is -1.96. The molecule has 0 amide bonds. The summed E-state index contributed by atoms with van der Waals surface area (Å²) in [5, 5.41) is 0. The Morgan fingerprint density at radius 2 is 2.33 bits per heavy atom. The number of rotatable bonds is 2. The van der Waals surface area contributed by atoms with Crippen LogP contribution >= 0.6 is 22.4 Å². The molecule has 0 bridgehead atoms. The maximum absolute atomic E-state index is 5.28. The van der Waals surface area contributed by atoms with Crippen molar-refractivity contribution in [2.24, 2.45) is 0 Å². The molecule has 0 saturated heterocycles. The first-order chi connectivity index (χ1) is 2.81. The second-order valence-corrected chi connectivity index (χ2v) is 3.00. The Balaban J connectivity index is 2.75. The predicted octanol–water partition coefficient (Wildman–Crippen LogP) is 1.56. The van der Waals surface area contributed by atoms with Gasteiger partial charge in [0, 0.05) is 0 Å². The van der Waals surface area contributed by atoms with E-state index in [1.54, 1.807) is 0 Å². The van der Waals surface area contributed by atoms with Crippen molar-refractivity contribution in [2.75, 3.05) is 0 Å². The van der Waals surface area contributed by atoms with E-state index in [1.165, 1.54) is 6.32 Å². The van der Waals surface area contributed by atoms with E-state index in [4.69, 9.17) is 7.85 Å². The van der Waals surface area contributed by atoms with Gasteiger partial charge in [0.05, 0.1) is 7.85 Å². The summed E-state index contributed by atoms with van der Waals surface area (Å²) < 4.78 is 0.683. The van der Waals surface area contributed by atoms with E-state index < -0.39 is 0 Å². The molecule has 0 saturated carbocycles. The van der Waals surface area contributed by atoms with Gasteiger partial charge in [0.2, 0.25) is 4.57 Å². The normalized spacial score (nSPS) is 8.33. The SMILES string of the molecule is [B]CB(I)CC. The minimum absolute atomic E-state index is 0.683. The van der Waals surface area contributed by atoms with Crippen LogP contribution < -0.4 is 0 Å². The average Bonchev–Trinajstić information content (AvgIpc) is 1.65. The second-order valence-electron chi connectivity index (χ2n) is 1.24. The van der Waals surface area contributed by atoms with Crippen LogP contribution in [0.25, 0.3) is 0 Å². The average molecular weight is 192 g/mol. The van der Waals surface area contributed by atoms with Gasteiger partial charge < -0.3 is 0 Å². The Kier molecular flexibility index (Phi) is 4.61. The summed E-state index contributed by atoms with van der Waals surface area (Å²) in [6, 6.07) is 0. The second kappa shape index (κ2) is 4.03. The van der Waals surface area contributed by atoms with Gasteiger partial charge in [0.1, 0.15) is 0 Å². The van der Waals surface area contributed by atoms with E-state index in [2.05, 4.69) is 29.3 Å². The zero-order valence-electron chi connectivity index (χ0n) is 3.95. The van der Waals surface area contributed by atoms with Gasteiger partial charge in [0.15, 0.2) is 0 Å². The van der Waals surface area contributed by atoms with E-state index in [-0.39, 0.29) is 0 Å². The highest BCUT2D eigenvalue weighted by molar-refractivity contribution is 14.1. The zero-order chi connectivity index (χ0) is 4.99. The smallest absolute Gasteiger partial charge is 0.151 e. The molecule has 0 aromatic rings. The van der Waals surface area contributed by atoms with Gasteiger partial charge in [-0.15, -0.1) is 0 Å². The Bertz CT molecular complexity index is 28.0. The number of hydrogen-bond acceptors (Lipinski definition) is 0. The summed E-state index contributed by atoms with van der Waals surface area (Å²) in [7, 11) is 5.28. The molecule has 0 aromatic heterocycles. The van der Waals surface area contributed by atoms with Crippen LogP contribution in [0.5, 0.6) is 0 Å². The highest BCUT2D eigenvalue weighted by Crippen LogP contribution is 2.02. The fraction of sp³-hybridized carbons (Fsp3) is 1.00. The first kappa shape index (κ1) is 6.86. The Hall–Kier alpha value is 0.860. The van der Waals surface area contributed by atoms with Gasteiger partial charge in [0.25, 0.3) is 0 Å². The third-order valence-electron chi connectivity index (χ3n) is 0.699. The molecule has 0 atom stereocenters. The maximum Gasteiger partial charge on any atom is 0.209 e. The van der Waals surface area contributed by atoms with Crippen molar-refractivity contribution in [1.29, 1.82) is 0 Å². The lowest BCUT2D eigenvalue weighted by Gasteiger charge is -1.90. The van der Waals surface area contributed by atoms with Crippen LogP contribution in [0.4, 0.5) is 0 Å². The molecule has 0 aromatic carbocycles. The molecule has 0 aliphatic heterocycles. The van der Waals surface area contributed by atoms with E-state index in [0.29, 0.717) is 4.57 Å². The van der Waals surface area contributed by atoms with Gasteiger partial charge in [-0.05, 0) is 0 Å². The summed E-state index contributed by atoms with van der Waals surface area (Å²) in [5.74, 6) is 0. The monoisotopic (exact) mass is 192 g/mol. The van der Waals surface area contributed by atoms with E-state index in [1.807, 2.05) is 0 Å². The molecule has 0 fully saturated rings. The molecule has 0 heterocycles. The van der Waals surface area contributed by atoms with Crippen LogP contribution in [0.3, 0.4) is 0 Å². The summed E-state index contributed by atoms with van der Waals surface area (Å²) >= 11 is 2.34. The van der Waals surface area contributed by atoms with Crippen LogP contribution in [-0.4, -0.2) is 12.4 Å². The maximum atomic E-state index is 5.28. The molecule has 0 spiro atoms. The lowest BCUT2D eigenvalue weighted by atomic mass is 9.64. The van der Waals surface area contributed by atoms with E-state index in [9.17, 15) is 0 Å². The topological polar surface area (TPSA) is 0 Å². The van der Waals surface area contributed by atoms with Crippen molar-refractivity contribution in [3.8, 4) is 0 Å². The van der Waals surface area contributed by atoms with Crippen LogP contribution in [0, 0.1) is 0 Å². The minimum atomic E-state index is 0.683. The molecule has 0 aliphatic carbocycles. The van der Waals surface area contributed by atoms with Crippen molar-refractivity contribution in [2.45, 2.75) is 19.5 Å². The predicted molar refractivity (Wildman–Crippen MR) is 40.8 cm³/mol. The highest BCUT2D eigenvalue weighted by atomic mass is 127. The first-order valence-electron chi connectivity index (χ1n) is 2.15. The molecule has 32 valence electrons. The summed E-state index contributed by atoms with van der Waals surface area (Å²) in [6.07, 6.45) is 2.01. The van der Waals surface area contributed by atoms with E-state index >= 15 is 0 Å². The highest BCUT2D eigenvalue weighted by Gasteiger charge is 1.97. The van der Waals surface area contributed by atoms with Crippen LogP contribution in [-0.2, 0) is 0 Å². The van der Waals surface area contributed by atoms with Crippen molar-refractivity contribution >= 4 is 34.8 Å². The summed E-state index contributed by atoms with van der Waals surface area (Å²) in [5.41, 5.74) is 0. The zero-order valence-corrected chi connectivity index (χ0v) is 6.10. The fourth-order valence-corrected chi connectivity index (χ4v) is 0.167. The summed E-state index contributed by atoms with van der Waals surface area (Å²) in [6.45, 7) is 2.14. The third kappa shape index (κ3) is 3.07. The standard InChI is InChI=1S/C3H7B2I/c1-2-5(6)3-4/h2-3H2,1H3. The molecule has 0 aliphatic rings. The molecule has 0 unspecified atom stereocenters. The molecular formula is C3H7B2I. The van der Waals surface area contributed by atoms with Gasteiger partial charge in [-0.2, -0.15) is 22.4 Å². The molecule has 0 rings (SSSR count). The van der Waals surface area contributed by atoms with Gasteiger partial charge in [-0.25, -0.2) is 0 Å². The molecule has 0 nitrogen and oxygen atoms in total. The van der Waals surface area contributed by atoms with Crippen molar-refractivity contribution in [3.63, 3.8) is 0 Å². The van der Waals surface area contributed by atoms with Gasteiger partial charge in [-0.1, -0.05) is 19.5 Å². The Morgan fingerprint density at radius 3 is 2.33 bits per heavy atom. The van der Waals surface area contributed by atoms with Crippen molar-refractivity contribution < 1.29 is 0 Å². The largest absolute Gasteiger partial charge is 0.209 e. The van der Waals surface area contributed by atoms with Crippen molar-refractivity contribution in [1.82, 2.24) is 0 Å². The molecule has 2 radical (unpaired) electrons. The molecule has 3 heteroatoms. The number of halogens is 1. The number of hydrogen-bond donors (Lipinski definition) is 0. The first-order valence-corrected chi connectivity index (χ1v) is 3.40. The summed E-state index contributed by atoms with van der Waals surface area (Å²) in [4.78, 5) is 0. The minimum Gasteiger partial charge on any atom is -0.151 e.